The molecule has 0 saturated heterocycles. The van der Waals surface area contributed by atoms with E-state index in [9.17, 15) is 8.42 Å². The molecule has 0 heterocycles. The lowest BCUT2D eigenvalue weighted by molar-refractivity contribution is 0.616. The molecule has 0 fully saturated rings. The lowest BCUT2D eigenvalue weighted by Gasteiger charge is -1.74. The number of nitrogens with zero attached hydrogens (tertiary/aromatic N) is 1. The van der Waals surface area contributed by atoms with Crippen molar-refractivity contribution in [3.05, 3.63) is 0 Å². The summed E-state index contributed by atoms with van der Waals surface area (Å²) in [5, 5.41) is 0. The third-order valence-electron chi connectivity index (χ3n) is 0.282. The Morgan fingerprint density at radius 3 is 1.86 bits per heavy atom. The normalized spacial score (nSPS) is 9.00. The molecule has 7 heavy (non-hydrogen) atoms. The lowest BCUT2D eigenvalue weighted by Crippen LogP contribution is -1.79. The van der Waals surface area contributed by atoms with Crippen molar-refractivity contribution in [1.29, 1.82) is 0 Å². The molecular weight excluding hydrogens is 114 g/mol. The predicted molar refractivity (Wildman–Crippen MR) is 29.1 cm³/mol. The second-order valence-corrected chi connectivity index (χ2v) is 1.96. The van der Waals surface area contributed by atoms with Gasteiger partial charge in [-0.25, -0.2) is 8.42 Å². The van der Waals surface area contributed by atoms with E-state index in [4.69, 9.17) is 0 Å². The van der Waals surface area contributed by atoms with Crippen LogP contribution in [0.4, 0.5) is 0 Å². The highest BCUT2D eigenvalue weighted by atomic mass is 32.2. The molecule has 4 heteroatoms. The summed E-state index contributed by atoms with van der Waals surface area (Å²) in [5.41, 5.74) is 0.566. The fraction of sp³-hybridized carbons (Fsp3) is 0.667. The van der Waals surface area contributed by atoms with E-state index in [1.165, 1.54) is 0 Å². The minimum Gasteiger partial charge on any atom is -0.208 e. The van der Waals surface area contributed by atoms with E-state index in [2.05, 4.69) is 4.40 Å². The topological polar surface area (TPSA) is 46.5 Å². The summed E-state index contributed by atoms with van der Waals surface area (Å²) < 4.78 is 22.5. The molecule has 0 aliphatic heterocycles. The van der Waals surface area contributed by atoms with Crippen LogP contribution in [-0.2, 0) is 10.9 Å². The molecule has 0 radical (unpaired) electrons. The highest BCUT2D eigenvalue weighted by Gasteiger charge is 1.73. The molecule has 0 aromatic rings. The fourth-order valence-electron chi connectivity index (χ4n) is 0.163. The first-order chi connectivity index (χ1) is 3.13. The maximum absolute atomic E-state index is 9.66. The van der Waals surface area contributed by atoms with Gasteiger partial charge in [-0.1, -0.05) is 0 Å². The Kier molecular flexibility index (Phi) is 2.59. The monoisotopic (exact) mass is 121 g/mol. The van der Waals surface area contributed by atoms with Gasteiger partial charge in [-0.05, 0) is 13.8 Å². The van der Waals surface area contributed by atoms with E-state index in [1.54, 1.807) is 13.8 Å². The minimum absolute atomic E-state index is 0.566. The van der Waals surface area contributed by atoms with Gasteiger partial charge in [0.1, 0.15) is 0 Å². The first-order valence-corrected chi connectivity index (χ1v) is 2.92. The Labute approximate surface area is 44.2 Å². The second kappa shape index (κ2) is 2.74. The third kappa shape index (κ3) is 5.62. The highest BCUT2D eigenvalue weighted by Crippen LogP contribution is 1.71. The van der Waals surface area contributed by atoms with Crippen molar-refractivity contribution >= 4 is 16.6 Å². The molecule has 0 spiro atoms. The SMILES string of the molecule is CC(C)=N[SH](=O)=O. The van der Waals surface area contributed by atoms with Gasteiger partial charge in [-0.2, -0.15) is 4.40 Å². The number of hydrogen-bond acceptors (Lipinski definition) is 2. The minimum atomic E-state index is -2.55. The average Bonchev–Trinajstić information content (AvgIpc) is 1.27. The Morgan fingerprint density at radius 2 is 1.86 bits per heavy atom. The van der Waals surface area contributed by atoms with Crippen molar-refractivity contribution in [2.75, 3.05) is 0 Å². The first-order valence-electron chi connectivity index (χ1n) is 1.79. The van der Waals surface area contributed by atoms with Crippen LogP contribution in [0.15, 0.2) is 4.40 Å². The summed E-state index contributed by atoms with van der Waals surface area (Å²) in [6, 6.07) is 0. The van der Waals surface area contributed by atoms with Crippen LogP contribution in [0.1, 0.15) is 13.8 Å². The molecule has 0 bridgehead atoms. The number of hydrogen-bond donors (Lipinski definition) is 1. The molecule has 0 unspecified atom stereocenters. The Bertz CT molecular complexity index is 135. The number of thiol groups is 1. The maximum atomic E-state index is 9.66. The second-order valence-electron chi connectivity index (χ2n) is 1.29. The number of rotatable bonds is 1. The Morgan fingerprint density at radius 1 is 1.43 bits per heavy atom. The molecule has 0 saturated carbocycles. The van der Waals surface area contributed by atoms with E-state index >= 15 is 0 Å². The highest BCUT2D eigenvalue weighted by molar-refractivity contribution is 7.71. The molecule has 0 atom stereocenters. The van der Waals surface area contributed by atoms with Gasteiger partial charge in [-0.3, -0.25) is 0 Å². The van der Waals surface area contributed by atoms with Crippen LogP contribution >= 0.6 is 0 Å². The van der Waals surface area contributed by atoms with E-state index in [-0.39, 0.29) is 0 Å². The summed E-state index contributed by atoms with van der Waals surface area (Å²) in [6.07, 6.45) is 0. The molecule has 0 aromatic carbocycles. The average molecular weight is 121 g/mol. The lowest BCUT2D eigenvalue weighted by atomic mass is 10.5. The van der Waals surface area contributed by atoms with E-state index in [1.807, 2.05) is 0 Å². The van der Waals surface area contributed by atoms with Gasteiger partial charge >= 0.3 is 0 Å². The third-order valence-corrected chi connectivity index (χ3v) is 0.845. The summed E-state index contributed by atoms with van der Waals surface area (Å²) in [7, 11) is -2.55. The van der Waals surface area contributed by atoms with Gasteiger partial charge in [-0.15, -0.1) is 0 Å². The van der Waals surface area contributed by atoms with Gasteiger partial charge in [0.25, 0.3) is 0 Å². The predicted octanol–water partition coefficient (Wildman–Crippen LogP) is -0.00640. The van der Waals surface area contributed by atoms with Gasteiger partial charge in [0.2, 0.25) is 10.9 Å². The first kappa shape index (κ1) is 6.62. The Balaban J connectivity index is 3.94. The quantitative estimate of drug-likeness (QED) is 0.392. The summed E-state index contributed by atoms with van der Waals surface area (Å²) in [4.78, 5) is 0. The van der Waals surface area contributed by atoms with Crippen LogP contribution < -0.4 is 0 Å². The summed E-state index contributed by atoms with van der Waals surface area (Å²) >= 11 is 0. The van der Waals surface area contributed by atoms with Crippen molar-refractivity contribution in [2.45, 2.75) is 13.8 Å². The van der Waals surface area contributed by atoms with E-state index < -0.39 is 10.9 Å². The van der Waals surface area contributed by atoms with Crippen molar-refractivity contribution in [1.82, 2.24) is 0 Å². The van der Waals surface area contributed by atoms with Crippen LogP contribution in [0.3, 0.4) is 0 Å². The summed E-state index contributed by atoms with van der Waals surface area (Å²) in [6.45, 7) is 3.26. The molecule has 0 rings (SSSR count). The molecule has 3 nitrogen and oxygen atoms in total. The van der Waals surface area contributed by atoms with Gasteiger partial charge in [0.05, 0.1) is 0 Å². The van der Waals surface area contributed by atoms with Crippen molar-refractivity contribution in [3.63, 3.8) is 0 Å². The van der Waals surface area contributed by atoms with Crippen LogP contribution in [0.5, 0.6) is 0 Å². The van der Waals surface area contributed by atoms with Crippen LogP contribution in [-0.4, -0.2) is 14.1 Å². The van der Waals surface area contributed by atoms with Gasteiger partial charge in [0.15, 0.2) is 0 Å². The molecule has 0 aliphatic rings. The largest absolute Gasteiger partial charge is 0.242 e. The molecule has 0 N–H and O–H groups in total. The van der Waals surface area contributed by atoms with E-state index in [0.29, 0.717) is 5.71 Å². The van der Waals surface area contributed by atoms with Crippen LogP contribution in [0.2, 0.25) is 0 Å². The van der Waals surface area contributed by atoms with Crippen molar-refractivity contribution in [3.8, 4) is 0 Å². The standard InChI is InChI=1S/C3H7NO2S/c1-3(2)4-7(5)6/h7H,1-2H3. The van der Waals surface area contributed by atoms with Gasteiger partial charge < -0.3 is 0 Å². The molecule has 0 aliphatic carbocycles. The fourth-order valence-corrected chi connectivity index (χ4v) is 0.490. The summed E-state index contributed by atoms with van der Waals surface area (Å²) in [5.74, 6) is 0. The molecule has 42 valence electrons. The zero-order chi connectivity index (χ0) is 5.86. The molecule has 0 amide bonds. The van der Waals surface area contributed by atoms with E-state index in [0.717, 1.165) is 0 Å². The zero-order valence-electron chi connectivity index (χ0n) is 4.21. The maximum Gasteiger partial charge on any atom is 0.242 e. The molecular formula is C3H7NO2S. The van der Waals surface area contributed by atoms with Crippen molar-refractivity contribution in [2.24, 2.45) is 4.40 Å². The zero-order valence-corrected chi connectivity index (χ0v) is 5.11. The molecule has 0 aromatic heterocycles. The van der Waals surface area contributed by atoms with Crippen LogP contribution in [0, 0.1) is 0 Å². The Hall–Kier alpha value is -0.380. The van der Waals surface area contributed by atoms with Gasteiger partial charge in [0, 0.05) is 5.71 Å². The van der Waals surface area contributed by atoms with Crippen LogP contribution in [0.25, 0.3) is 0 Å². The van der Waals surface area contributed by atoms with Crippen molar-refractivity contribution < 1.29 is 8.42 Å². The smallest absolute Gasteiger partial charge is 0.208 e.